The highest BCUT2D eigenvalue weighted by Gasteiger charge is 2.06. The average molecular weight is 197 g/mol. The summed E-state index contributed by atoms with van der Waals surface area (Å²) >= 11 is 0. The largest absolute Gasteiger partial charge is 0.353 e. The number of rotatable bonds is 4. The smallest absolute Gasteiger partial charge is 0.248 e. The lowest BCUT2D eigenvalue weighted by molar-refractivity contribution is -0.117. The number of aromatic nitrogens is 2. The lowest BCUT2D eigenvalue weighted by Crippen LogP contribution is -2.26. The zero-order valence-electron chi connectivity index (χ0n) is 7.96. The number of carbonyl (C=O) groups is 1. The molecule has 1 heterocycles. The summed E-state index contributed by atoms with van der Waals surface area (Å²) < 4.78 is 13.8. The van der Waals surface area contributed by atoms with Gasteiger partial charge in [0, 0.05) is 12.1 Å². The number of carbonyl (C=O) groups excluding carboxylic acids is 1. The van der Waals surface area contributed by atoms with Gasteiger partial charge in [-0.05, 0) is 6.92 Å². The molecule has 0 bridgehead atoms. The van der Waals surface area contributed by atoms with Crippen LogP contribution in [0.3, 0.4) is 0 Å². The highest BCUT2D eigenvalue weighted by atomic mass is 19.1. The van der Waals surface area contributed by atoms with Gasteiger partial charge in [-0.3, -0.25) is 9.48 Å². The zero-order valence-corrected chi connectivity index (χ0v) is 7.96. The van der Waals surface area contributed by atoms with Crippen LogP contribution < -0.4 is 5.32 Å². The summed E-state index contributed by atoms with van der Waals surface area (Å²) in [6, 6.07) is 0. The van der Waals surface area contributed by atoms with Crippen LogP contribution in [0, 0.1) is 5.82 Å². The fourth-order valence-corrected chi connectivity index (χ4v) is 0.978. The molecule has 0 saturated heterocycles. The number of likely N-dealkylation sites (N-methyl/N-ethyl adjacent to an activating group) is 1. The van der Waals surface area contributed by atoms with E-state index in [1.807, 2.05) is 6.92 Å². The maximum absolute atomic E-state index is 12.5. The van der Waals surface area contributed by atoms with Gasteiger partial charge in [0.25, 0.3) is 0 Å². The molecule has 1 rings (SSSR count). The van der Waals surface area contributed by atoms with Crippen LogP contribution in [-0.2, 0) is 11.3 Å². The van der Waals surface area contributed by atoms with Gasteiger partial charge in [0.15, 0.2) is 5.82 Å². The number of nitrogens with zero attached hydrogens (tertiary/aromatic N) is 2. The van der Waals surface area contributed by atoms with E-state index in [9.17, 15) is 9.18 Å². The molecule has 1 aromatic heterocycles. The molecule has 0 unspecified atom stereocenters. The Morgan fingerprint density at radius 2 is 2.50 bits per heavy atom. The molecule has 0 saturated carbocycles. The Morgan fingerprint density at radius 1 is 1.79 bits per heavy atom. The number of hydrogen-bond acceptors (Lipinski definition) is 2. The fourth-order valence-electron chi connectivity index (χ4n) is 0.978. The normalized spacial score (nSPS) is 9.86. The van der Waals surface area contributed by atoms with Gasteiger partial charge >= 0.3 is 0 Å². The van der Waals surface area contributed by atoms with Crippen LogP contribution in [0.1, 0.15) is 6.92 Å². The standard InChI is InChI=1S/C9H12FN3O/c1-3-11-9(14)7(2)5-13-6-8(10)4-12-13/h4,6H,2-3,5H2,1H3,(H,11,14). The topological polar surface area (TPSA) is 46.9 Å². The van der Waals surface area contributed by atoms with Crippen molar-refractivity contribution in [2.24, 2.45) is 0 Å². The average Bonchev–Trinajstić information content (AvgIpc) is 2.51. The van der Waals surface area contributed by atoms with Crippen LogP contribution in [0.25, 0.3) is 0 Å². The summed E-state index contributed by atoms with van der Waals surface area (Å²) in [5.41, 5.74) is 0.356. The summed E-state index contributed by atoms with van der Waals surface area (Å²) in [7, 11) is 0. The van der Waals surface area contributed by atoms with Crippen molar-refractivity contribution in [1.29, 1.82) is 0 Å². The molecular formula is C9H12FN3O. The highest BCUT2D eigenvalue weighted by Crippen LogP contribution is 1.99. The van der Waals surface area contributed by atoms with E-state index in [4.69, 9.17) is 0 Å². The molecule has 0 radical (unpaired) electrons. The molecule has 1 N–H and O–H groups in total. The van der Waals surface area contributed by atoms with E-state index in [1.54, 1.807) is 0 Å². The first kappa shape index (κ1) is 10.4. The second-order valence-corrected chi connectivity index (χ2v) is 2.82. The van der Waals surface area contributed by atoms with E-state index >= 15 is 0 Å². The van der Waals surface area contributed by atoms with Gasteiger partial charge in [-0.15, -0.1) is 0 Å². The van der Waals surface area contributed by atoms with E-state index in [0.717, 1.165) is 6.20 Å². The molecule has 0 aliphatic heterocycles. The monoisotopic (exact) mass is 197 g/mol. The maximum atomic E-state index is 12.5. The summed E-state index contributed by atoms with van der Waals surface area (Å²) in [4.78, 5) is 11.2. The van der Waals surface area contributed by atoms with Crippen LogP contribution in [0.4, 0.5) is 4.39 Å². The lowest BCUT2D eigenvalue weighted by atomic mass is 10.3. The van der Waals surface area contributed by atoms with Crippen molar-refractivity contribution in [2.75, 3.05) is 6.54 Å². The number of halogens is 1. The van der Waals surface area contributed by atoms with E-state index in [-0.39, 0.29) is 12.5 Å². The predicted octanol–water partition coefficient (Wildman–Crippen LogP) is 0.714. The van der Waals surface area contributed by atoms with Crippen LogP contribution in [0.15, 0.2) is 24.5 Å². The highest BCUT2D eigenvalue weighted by molar-refractivity contribution is 5.92. The molecule has 1 aromatic rings. The SMILES string of the molecule is C=C(Cn1cc(F)cn1)C(=O)NCC. The molecule has 14 heavy (non-hydrogen) atoms. The van der Waals surface area contributed by atoms with Crippen LogP contribution >= 0.6 is 0 Å². The summed E-state index contributed by atoms with van der Waals surface area (Å²) in [5.74, 6) is -0.655. The molecule has 0 aliphatic carbocycles. The fraction of sp³-hybridized carbons (Fsp3) is 0.333. The third kappa shape index (κ3) is 2.69. The molecule has 5 heteroatoms. The van der Waals surface area contributed by atoms with Crippen molar-refractivity contribution in [3.63, 3.8) is 0 Å². The van der Waals surface area contributed by atoms with Crippen molar-refractivity contribution in [1.82, 2.24) is 15.1 Å². The van der Waals surface area contributed by atoms with Crippen LogP contribution in [0.5, 0.6) is 0 Å². The Bertz CT molecular complexity index is 346. The van der Waals surface area contributed by atoms with Gasteiger partial charge in [-0.2, -0.15) is 5.10 Å². The Kier molecular flexibility index (Phi) is 3.39. The van der Waals surface area contributed by atoms with Crippen LogP contribution in [-0.4, -0.2) is 22.2 Å². The lowest BCUT2D eigenvalue weighted by Gasteiger charge is -2.05. The summed E-state index contributed by atoms with van der Waals surface area (Å²) in [5, 5.41) is 6.30. The zero-order chi connectivity index (χ0) is 10.6. The predicted molar refractivity (Wildman–Crippen MR) is 50.0 cm³/mol. The molecule has 0 spiro atoms. The third-order valence-electron chi connectivity index (χ3n) is 1.61. The molecule has 0 aliphatic rings. The second-order valence-electron chi connectivity index (χ2n) is 2.82. The summed E-state index contributed by atoms with van der Waals surface area (Å²) in [6.07, 6.45) is 2.30. The van der Waals surface area contributed by atoms with E-state index in [1.165, 1.54) is 10.9 Å². The van der Waals surface area contributed by atoms with Crippen molar-refractivity contribution in [2.45, 2.75) is 13.5 Å². The minimum Gasteiger partial charge on any atom is -0.353 e. The summed E-state index contributed by atoms with van der Waals surface area (Å²) in [6.45, 7) is 6.15. The van der Waals surface area contributed by atoms with E-state index in [0.29, 0.717) is 12.1 Å². The molecule has 0 atom stereocenters. The van der Waals surface area contributed by atoms with Gasteiger partial charge in [-0.25, -0.2) is 4.39 Å². The Balaban J connectivity index is 2.53. The number of nitrogens with one attached hydrogen (secondary N) is 1. The first-order chi connectivity index (χ1) is 6.63. The quantitative estimate of drug-likeness (QED) is 0.723. The van der Waals surface area contributed by atoms with Gasteiger partial charge in [0.2, 0.25) is 5.91 Å². The van der Waals surface area contributed by atoms with Crippen molar-refractivity contribution < 1.29 is 9.18 Å². The van der Waals surface area contributed by atoms with Crippen molar-refractivity contribution >= 4 is 5.91 Å². The van der Waals surface area contributed by atoms with Crippen LogP contribution in [0.2, 0.25) is 0 Å². The second kappa shape index (κ2) is 4.55. The van der Waals surface area contributed by atoms with Crippen molar-refractivity contribution in [3.05, 3.63) is 30.4 Å². The van der Waals surface area contributed by atoms with Gasteiger partial charge < -0.3 is 5.32 Å². The molecular weight excluding hydrogens is 185 g/mol. The molecule has 1 amide bonds. The minimum absolute atomic E-state index is 0.204. The maximum Gasteiger partial charge on any atom is 0.248 e. The molecule has 4 nitrogen and oxygen atoms in total. The van der Waals surface area contributed by atoms with E-state index < -0.39 is 5.82 Å². The first-order valence-corrected chi connectivity index (χ1v) is 4.27. The number of hydrogen-bond donors (Lipinski definition) is 1. The van der Waals surface area contributed by atoms with Gasteiger partial charge in [0.1, 0.15) is 0 Å². The Hall–Kier alpha value is -1.65. The minimum atomic E-state index is -0.423. The molecule has 76 valence electrons. The molecule has 0 aromatic carbocycles. The molecule has 0 fully saturated rings. The van der Waals surface area contributed by atoms with E-state index in [2.05, 4.69) is 17.0 Å². The van der Waals surface area contributed by atoms with Gasteiger partial charge in [0.05, 0.1) is 18.9 Å². The van der Waals surface area contributed by atoms with Gasteiger partial charge in [-0.1, -0.05) is 6.58 Å². The Morgan fingerprint density at radius 3 is 3.00 bits per heavy atom. The third-order valence-corrected chi connectivity index (χ3v) is 1.61. The number of amides is 1. The first-order valence-electron chi connectivity index (χ1n) is 4.27. The van der Waals surface area contributed by atoms with Crippen molar-refractivity contribution in [3.8, 4) is 0 Å². The Labute approximate surface area is 81.4 Å².